The van der Waals surface area contributed by atoms with Crippen LogP contribution in [0.15, 0.2) is 30.3 Å². The van der Waals surface area contributed by atoms with Gasteiger partial charge in [-0.3, -0.25) is 0 Å². The summed E-state index contributed by atoms with van der Waals surface area (Å²) in [7, 11) is 2.95. The van der Waals surface area contributed by atoms with Crippen molar-refractivity contribution < 1.29 is 27.4 Å². The second-order valence-electron chi connectivity index (χ2n) is 4.17. The van der Waals surface area contributed by atoms with E-state index in [-0.39, 0.29) is 5.75 Å². The van der Waals surface area contributed by atoms with Crippen LogP contribution in [-0.2, 0) is 4.74 Å². The van der Waals surface area contributed by atoms with Gasteiger partial charge in [0.15, 0.2) is 0 Å². The average molecular weight is 331 g/mol. The Kier molecular flexibility index (Phi) is 4.60. The number of ether oxygens (including phenoxy) is 2. The van der Waals surface area contributed by atoms with Gasteiger partial charge in [-0.05, 0) is 35.9 Å². The fourth-order valence-corrected chi connectivity index (χ4v) is 2.87. The van der Waals surface area contributed by atoms with Gasteiger partial charge in [0.1, 0.15) is 10.6 Å². The summed E-state index contributed by atoms with van der Waals surface area (Å²) in [6.07, 6.45) is -4.72. The van der Waals surface area contributed by atoms with Gasteiger partial charge in [-0.2, -0.15) is 0 Å². The van der Waals surface area contributed by atoms with E-state index >= 15 is 0 Å². The molecule has 0 amide bonds. The molecule has 2 rings (SSSR count). The first-order valence-electron chi connectivity index (χ1n) is 6.10. The number of hydrogen-bond acceptors (Lipinski definition) is 5. The smallest absolute Gasteiger partial charge is 0.465 e. The number of hydrogen-bond donors (Lipinski definition) is 1. The van der Waals surface area contributed by atoms with Crippen molar-refractivity contribution in [3.63, 3.8) is 0 Å². The van der Waals surface area contributed by atoms with E-state index < -0.39 is 12.3 Å². The molecule has 1 heterocycles. The van der Waals surface area contributed by atoms with Gasteiger partial charge in [-0.25, -0.2) is 4.79 Å². The van der Waals surface area contributed by atoms with E-state index in [4.69, 9.17) is 0 Å². The van der Waals surface area contributed by atoms with Gasteiger partial charge >= 0.3 is 12.3 Å². The Balaban J connectivity index is 2.29. The Morgan fingerprint density at radius 2 is 1.86 bits per heavy atom. The first kappa shape index (κ1) is 16.2. The first-order valence-corrected chi connectivity index (χ1v) is 6.92. The van der Waals surface area contributed by atoms with Crippen LogP contribution in [0, 0.1) is 0 Å². The molecule has 0 aliphatic rings. The van der Waals surface area contributed by atoms with Crippen molar-refractivity contribution in [3.8, 4) is 16.2 Å². The number of carbonyl (C=O) groups is 1. The number of esters is 1. The van der Waals surface area contributed by atoms with Crippen LogP contribution in [0.5, 0.6) is 5.75 Å². The fourth-order valence-electron chi connectivity index (χ4n) is 1.78. The van der Waals surface area contributed by atoms with Crippen LogP contribution in [0.25, 0.3) is 10.4 Å². The zero-order valence-electron chi connectivity index (χ0n) is 11.7. The molecule has 0 saturated heterocycles. The fraction of sp³-hybridized carbons (Fsp3) is 0.214. The maximum absolute atomic E-state index is 12.1. The molecule has 22 heavy (non-hydrogen) atoms. The standard InChI is InChI=1S/C14H12F3NO3S/c1-18-10-7-11(22-12(10)13(19)20-2)8-3-5-9(6-4-8)21-14(15,16)17/h3-7,18H,1-2H3. The quantitative estimate of drug-likeness (QED) is 0.855. The second-order valence-corrected chi connectivity index (χ2v) is 5.22. The molecule has 0 radical (unpaired) electrons. The molecule has 0 aliphatic carbocycles. The lowest BCUT2D eigenvalue weighted by atomic mass is 10.2. The van der Waals surface area contributed by atoms with Crippen molar-refractivity contribution in [2.75, 3.05) is 19.5 Å². The number of methoxy groups -OCH3 is 1. The minimum Gasteiger partial charge on any atom is -0.465 e. The largest absolute Gasteiger partial charge is 0.573 e. The predicted octanol–water partition coefficient (Wildman–Crippen LogP) is 4.14. The van der Waals surface area contributed by atoms with Crippen LogP contribution in [0.1, 0.15) is 9.67 Å². The summed E-state index contributed by atoms with van der Waals surface area (Å²) in [5, 5.41) is 2.88. The van der Waals surface area contributed by atoms with Crippen LogP contribution in [0.2, 0.25) is 0 Å². The Morgan fingerprint density at radius 1 is 1.23 bits per heavy atom. The molecule has 4 nitrogen and oxygen atoms in total. The first-order chi connectivity index (χ1) is 10.3. The summed E-state index contributed by atoms with van der Waals surface area (Å²) in [6, 6.07) is 7.16. The number of halogens is 3. The van der Waals surface area contributed by atoms with E-state index in [0.717, 1.165) is 4.88 Å². The summed E-state index contributed by atoms with van der Waals surface area (Å²) in [6.45, 7) is 0. The molecule has 0 bridgehead atoms. The second kappa shape index (κ2) is 6.27. The predicted molar refractivity (Wildman–Crippen MR) is 77.3 cm³/mol. The minimum atomic E-state index is -4.72. The number of alkyl halides is 3. The van der Waals surface area contributed by atoms with Crippen LogP contribution >= 0.6 is 11.3 Å². The third kappa shape index (κ3) is 3.70. The summed E-state index contributed by atoms with van der Waals surface area (Å²) in [4.78, 5) is 12.8. The van der Waals surface area contributed by atoms with E-state index in [0.29, 0.717) is 16.1 Å². The highest BCUT2D eigenvalue weighted by atomic mass is 32.1. The Labute approximate surface area is 128 Å². The molecule has 1 aromatic carbocycles. The van der Waals surface area contributed by atoms with Crippen LogP contribution in [0.3, 0.4) is 0 Å². The molecule has 0 spiro atoms. The number of rotatable bonds is 4. The van der Waals surface area contributed by atoms with Gasteiger partial charge in [0, 0.05) is 11.9 Å². The summed E-state index contributed by atoms with van der Waals surface area (Å²) < 4.78 is 44.8. The zero-order chi connectivity index (χ0) is 16.3. The molecule has 0 saturated carbocycles. The molecule has 8 heteroatoms. The molecule has 0 fully saturated rings. The van der Waals surface area contributed by atoms with Gasteiger partial charge in [-0.1, -0.05) is 0 Å². The van der Waals surface area contributed by atoms with E-state index in [1.807, 2.05) is 0 Å². The van der Waals surface area contributed by atoms with Crippen LogP contribution in [-0.4, -0.2) is 26.5 Å². The lowest BCUT2D eigenvalue weighted by Crippen LogP contribution is -2.16. The third-order valence-electron chi connectivity index (χ3n) is 2.74. The third-order valence-corrected chi connectivity index (χ3v) is 3.91. The lowest BCUT2D eigenvalue weighted by Gasteiger charge is -2.08. The Morgan fingerprint density at radius 3 is 2.36 bits per heavy atom. The molecule has 1 aromatic heterocycles. The Hall–Kier alpha value is -2.22. The highest BCUT2D eigenvalue weighted by molar-refractivity contribution is 7.18. The lowest BCUT2D eigenvalue weighted by molar-refractivity contribution is -0.274. The van der Waals surface area contributed by atoms with Crippen molar-refractivity contribution >= 4 is 23.0 Å². The Bertz CT molecular complexity index is 665. The van der Waals surface area contributed by atoms with Crippen molar-refractivity contribution in [1.29, 1.82) is 0 Å². The molecule has 0 aliphatic heterocycles. The highest BCUT2D eigenvalue weighted by Gasteiger charge is 2.31. The normalized spacial score (nSPS) is 11.1. The van der Waals surface area contributed by atoms with Crippen molar-refractivity contribution in [1.82, 2.24) is 0 Å². The van der Waals surface area contributed by atoms with E-state index in [9.17, 15) is 18.0 Å². The van der Waals surface area contributed by atoms with Gasteiger partial charge in [0.2, 0.25) is 0 Å². The van der Waals surface area contributed by atoms with Gasteiger partial charge in [0.05, 0.1) is 12.8 Å². The maximum atomic E-state index is 12.1. The van der Waals surface area contributed by atoms with Crippen molar-refractivity contribution in [3.05, 3.63) is 35.2 Å². The average Bonchev–Trinajstić information content (AvgIpc) is 2.89. The van der Waals surface area contributed by atoms with E-state index in [1.54, 1.807) is 13.1 Å². The SMILES string of the molecule is CNc1cc(-c2ccc(OC(F)(F)F)cc2)sc1C(=O)OC. The summed E-state index contributed by atoms with van der Waals surface area (Å²) in [5.74, 6) is -0.771. The molecular weight excluding hydrogens is 319 g/mol. The molecule has 2 aromatic rings. The number of benzene rings is 1. The highest BCUT2D eigenvalue weighted by Crippen LogP contribution is 2.36. The molecule has 0 atom stereocenters. The zero-order valence-corrected chi connectivity index (χ0v) is 12.5. The van der Waals surface area contributed by atoms with E-state index in [2.05, 4.69) is 14.8 Å². The minimum absolute atomic E-state index is 0.296. The van der Waals surface area contributed by atoms with E-state index in [1.165, 1.54) is 42.7 Å². The monoisotopic (exact) mass is 331 g/mol. The van der Waals surface area contributed by atoms with Crippen LogP contribution < -0.4 is 10.1 Å². The summed E-state index contributed by atoms with van der Waals surface area (Å²) in [5.41, 5.74) is 1.27. The number of anilines is 1. The van der Waals surface area contributed by atoms with Gasteiger partial charge < -0.3 is 14.8 Å². The molecule has 0 unspecified atom stereocenters. The van der Waals surface area contributed by atoms with Gasteiger partial charge in [0.25, 0.3) is 0 Å². The van der Waals surface area contributed by atoms with Crippen molar-refractivity contribution in [2.45, 2.75) is 6.36 Å². The number of carbonyl (C=O) groups excluding carboxylic acids is 1. The van der Waals surface area contributed by atoms with Crippen molar-refractivity contribution in [2.24, 2.45) is 0 Å². The van der Waals surface area contributed by atoms with Gasteiger partial charge in [-0.15, -0.1) is 24.5 Å². The molecule has 1 N–H and O–H groups in total. The topological polar surface area (TPSA) is 47.6 Å². The van der Waals surface area contributed by atoms with Crippen LogP contribution in [0.4, 0.5) is 18.9 Å². The molecular formula is C14H12F3NO3S. The number of nitrogens with one attached hydrogen (secondary N) is 1. The molecule has 118 valence electrons. The summed E-state index contributed by atoms with van der Waals surface area (Å²) >= 11 is 1.19. The maximum Gasteiger partial charge on any atom is 0.573 e. The number of thiophene rings is 1.